The molecule has 0 aliphatic carbocycles. The Hall–Kier alpha value is -2.29. The standard InChI is InChI=1S/C20H23NO2/c1-2-23-20(22)13-12-17-15-21(14-16-8-4-3-5-9-16)19-11-7-6-10-18(17)19/h3-11,17H,2,12-15H2,1H3. The lowest BCUT2D eigenvalue weighted by Gasteiger charge is -2.20. The molecule has 0 aromatic heterocycles. The highest BCUT2D eigenvalue weighted by Gasteiger charge is 2.28. The van der Waals surface area contributed by atoms with Crippen molar-refractivity contribution in [3.8, 4) is 0 Å². The maximum Gasteiger partial charge on any atom is 0.305 e. The number of esters is 1. The summed E-state index contributed by atoms with van der Waals surface area (Å²) >= 11 is 0. The van der Waals surface area contributed by atoms with E-state index in [1.807, 2.05) is 13.0 Å². The minimum absolute atomic E-state index is 0.0912. The molecule has 2 aromatic carbocycles. The lowest BCUT2D eigenvalue weighted by molar-refractivity contribution is -0.143. The number of hydrogen-bond acceptors (Lipinski definition) is 3. The van der Waals surface area contributed by atoms with Gasteiger partial charge in [0.25, 0.3) is 0 Å². The summed E-state index contributed by atoms with van der Waals surface area (Å²) in [5.74, 6) is 0.311. The molecule has 0 fully saturated rings. The fourth-order valence-corrected chi connectivity index (χ4v) is 3.31. The fraction of sp³-hybridized carbons (Fsp3) is 0.350. The molecule has 0 amide bonds. The zero-order chi connectivity index (χ0) is 16.1. The lowest BCUT2D eigenvalue weighted by Crippen LogP contribution is -2.21. The highest BCUT2D eigenvalue weighted by atomic mass is 16.5. The second kappa shape index (κ2) is 7.32. The number of rotatable bonds is 6. The van der Waals surface area contributed by atoms with E-state index in [-0.39, 0.29) is 5.97 Å². The van der Waals surface area contributed by atoms with Gasteiger partial charge in [-0.25, -0.2) is 0 Å². The van der Waals surface area contributed by atoms with Gasteiger partial charge in [-0.05, 0) is 30.5 Å². The molecule has 0 spiro atoms. The molecule has 1 atom stereocenters. The minimum Gasteiger partial charge on any atom is -0.466 e. The van der Waals surface area contributed by atoms with Crippen LogP contribution in [0.25, 0.3) is 0 Å². The fourth-order valence-electron chi connectivity index (χ4n) is 3.31. The van der Waals surface area contributed by atoms with Gasteiger partial charge in [0.2, 0.25) is 0 Å². The average Bonchev–Trinajstić information content (AvgIpc) is 2.92. The third-order valence-electron chi connectivity index (χ3n) is 4.38. The first-order chi connectivity index (χ1) is 11.3. The summed E-state index contributed by atoms with van der Waals surface area (Å²) in [6.45, 7) is 4.19. The Balaban J connectivity index is 1.71. The first-order valence-corrected chi connectivity index (χ1v) is 8.31. The van der Waals surface area contributed by atoms with Crippen molar-refractivity contribution in [1.29, 1.82) is 0 Å². The molecule has 0 saturated heterocycles. The van der Waals surface area contributed by atoms with Gasteiger partial charge in [-0.1, -0.05) is 48.5 Å². The highest BCUT2D eigenvalue weighted by Crippen LogP contribution is 2.39. The molecule has 1 unspecified atom stereocenters. The van der Waals surface area contributed by atoms with Gasteiger partial charge < -0.3 is 9.64 Å². The van der Waals surface area contributed by atoms with Crippen molar-refractivity contribution >= 4 is 11.7 Å². The van der Waals surface area contributed by atoms with Crippen LogP contribution in [0.2, 0.25) is 0 Å². The van der Waals surface area contributed by atoms with Gasteiger partial charge in [-0.15, -0.1) is 0 Å². The Morgan fingerprint density at radius 1 is 1.13 bits per heavy atom. The molecule has 1 aliphatic heterocycles. The number of ether oxygens (including phenoxy) is 1. The van der Waals surface area contributed by atoms with E-state index in [9.17, 15) is 4.79 Å². The number of benzene rings is 2. The molecular weight excluding hydrogens is 286 g/mol. The molecule has 23 heavy (non-hydrogen) atoms. The number of para-hydroxylation sites is 1. The number of carbonyl (C=O) groups is 1. The van der Waals surface area contributed by atoms with Crippen molar-refractivity contribution in [2.45, 2.75) is 32.2 Å². The number of carbonyl (C=O) groups excluding carboxylic acids is 1. The molecule has 3 rings (SSSR count). The summed E-state index contributed by atoms with van der Waals surface area (Å²) in [6, 6.07) is 19.1. The van der Waals surface area contributed by atoms with Crippen molar-refractivity contribution in [2.24, 2.45) is 0 Å². The number of hydrogen-bond donors (Lipinski definition) is 0. The van der Waals surface area contributed by atoms with Crippen molar-refractivity contribution in [3.63, 3.8) is 0 Å². The number of anilines is 1. The number of nitrogens with zero attached hydrogens (tertiary/aromatic N) is 1. The van der Waals surface area contributed by atoms with Crippen LogP contribution in [-0.4, -0.2) is 19.1 Å². The van der Waals surface area contributed by atoms with Crippen molar-refractivity contribution in [1.82, 2.24) is 0 Å². The monoisotopic (exact) mass is 309 g/mol. The largest absolute Gasteiger partial charge is 0.466 e. The van der Waals surface area contributed by atoms with E-state index in [1.54, 1.807) is 0 Å². The minimum atomic E-state index is -0.0912. The Labute approximate surface area is 137 Å². The van der Waals surface area contributed by atoms with Crippen LogP contribution in [0, 0.1) is 0 Å². The van der Waals surface area contributed by atoms with E-state index in [1.165, 1.54) is 16.8 Å². The Kier molecular flexibility index (Phi) is 4.96. The molecule has 0 saturated carbocycles. The van der Waals surface area contributed by atoms with Gasteiger partial charge in [-0.3, -0.25) is 4.79 Å². The second-order valence-corrected chi connectivity index (χ2v) is 5.97. The summed E-state index contributed by atoms with van der Waals surface area (Å²) in [7, 11) is 0. The first-order valence-electron chi connectivity index (χ1n) is 8.31. The molecule has 3 nitrogen and oxygen atoms in total. The Morgan fingerprint density at radius 2 is 1.87 bits per heavy atom. The molecule has 0 N–H and O–H groups in total. The van der Waals surface area contributed by atoms with E-state index in [0.717, 1.165) is 19.5 Å². The lowest BCUT2D eigenvalue weighted by atomic mass is 9.96. The van der Waals surface area contributed by atoms with E-state index >= 15 is 0 Å². The van der Waals surface area contributed by atoms with Gasteiger partial charge in [0.1, 0.15) is 0 Å². The summed E-state index contributed by atoms with van der Waals surface area (Å²) in [5, 5.41) is 0. The summed E-state index contributed by atoms with van der Waals surface area (Å²) in [5.41, 5.74) is 3.96. The summed E-state index contributed by atoms with van der Waals surface area (Å²) in [6.07, 6.45) is 1.34. The molecule has 3 heteroatoms. The molecule has 1 aliphatic rings. The molecule has 0 radical (unpaired) electrons. The maximum atomic E-state index is 11.6. The summed E-state index contributed by atoms with van der Waals surface area (Å²) < 4.78 is 5.06. The first kappa shape index (κ1) is 15.6. The van der Waals surface area contributed by atoms with Crippen LogP contribution in [0.15, 0.2) is 54.6 Å². The van der Waals surface area contributed by atoms with Gasteiger partial charge in [0.05, 0.1) is 6.61 Å². The van der Waals surface area contributed by atoms with Crippen LogP contribution in [0.4, 0.5) is 5.69 Å². The van der Waals surface area contributed by atoms with Crippen molar-refractivity contribution in [3.05, 3.63) is 65.7 Å². The number of fused-ring (bicyclic) bond motifs is 1. The highest BCUT2D eigenvalue weighted by molar-refractivity contribution is 5.70. The predicted molar refractivity (Wildman–Crippen MR) is 92.5 cm³/mol. The van der Waals surface area contributed by atoms with Crippen molar-refractivity contribution in [2.75, 3.05) is 18.1 Å². The summed E-state index contributed by atoms with van der Waals surface area (Å²) in [4.78, 5) is 14.1. The Bertz CT molecular complexity index is 654. The third-order valence-corrected chi connectivity index (χ3v) is 4.38. The van der Waals surface area contributed by atoms with Crippen LogP contribution < -0.4 is 4.90 Å². The maximum absolute atomic E-state index is 11.6. The van der Waals surface area contributed by atoms with Crippen molar-refractivity contribution < 1.29 is 9.53 Å². The van der Waals surface area contributed by atoms with Gasteiger partial charge in [0, 0.05) is 31.1 Å². The average molecular weight is 309 g/mol. The Morgan fingerprint density at radius 3 is 2.65 bits per heavy atom. The van der Waals surface area contributed by atoms with Gasteiger partial charge in [-0.2, -0.15) is 0 Å². The van der Waals surface area contributed by atoms with Crippen LogP contribution in [0.1, 0.15) is 36.8 Å². The third kappa shape index (κ3) is 3.73. The smallest absolute Gasteiger partial charge is 0.305 e. The van der Waals surface area contributed by atoms with E-state index in [4.69, 9.17) is 4.74 Å². The predicted octanol–water partition coefficient (Wildman–Crippen LogP) is 4.13. The molecule has 1 heterocycles. The SMILES string of the molecule is CCOC(=O)CCC1CN(Cc2ccccc2)c2ccccc21. The van der Waals surface area contributed by atoms with Crippen LogP contribution in [0.5, 0.6) is 0 Å². The van der Waals surface area contributed by atoms with Gasteiger partial charge >= 0.3 is 5.97 Å². The zero-order valence-electron chi connectivity index (χ0n) is 13.6. The molecule has 120 valence electrons. The van der Waals surface area contributed by atoms with Crippen LogP contribution in [-0.2, 0) is 16.1 Å². The zero-order valence-corrected chi connectivity index (χ0v) is 13.6. The quantitative estimate of drug-likeness (QED) is 0.751. The van der Waals surface area contributed by atoms with Gasteiger partial charge in [0.15, 0.2) is 0 Å². The van der Waals surface area contributed by atoms with E-state index in [0.29, 0.717) is 18.9 Å². The molecule has 0 bridgehead atoms. The van der Waals surface area contributed by atoms with Crippen LogP contribution >= 0.6 is 0 Å². The molecule has 2 aromatic rings. The van der Waals surface area contributed by atoms with E-state index in [2.05, 4.69) is 53.4 Å². The van der Waals surface area contributed by atoms with E-state index < -0.39 is 0 Å². The normalized spacial score (nSPS) is 16.2. The topological polar surface area (TPSA) is 29.5 Å². The molecular formula is C20H23NO2. The second-order valence-electron chi connectivity index (χ2n) is 5.97. The van der Waals surface area contributed by atoms with Crippen LogP contribution in [0.3, 0.4) is 0 Å².